The summed E-state index contributed by atoms with van der Waals surface area (Å²) in [6.07, 6.45) is 3.33. The van der Waals surface area contributed by atoms with Gasteiger partial charge in [-0.2, -0.15) is 0 Å². The van der Waals surface area contributed by atoms with Crippen molar-refractivity contribution in [3.8, 4) is 11.5 Å². The number of benzene rings is 1. The van der Waals surface area contributed by atoms with E-state index >= 15 is 0 Å². The third kappa shape index (κ3) is 2.18. The van der Waals surface area contributed by atoms with Crippen LogP contribution in [-0.4, -0.2) is 26.6 Å². The first-order chi connectivity index (χ1) is 9.74. The molecule has 0 saturated heterocycles. The third-order valence-corrected chi connectivity index (χ3v) is 4.34. The second-order valence-electron chi connectivity index (χ2n) is 5.41. The minimum atomic E-state index is -0.117. The summed E-state index contributed by atoms with van der Waals surface area (Å²) in [7, 11) is 3.27. The molecule has 2 atom stereocenters. The van der Waals surface area contributed by atoms with Crippen molar-refractivity contribution in [2.24, 2.45) is 5.92 Å². The van der Waals surface area contributed by atoms with Crippen molar-refractivity contribution in [1.29, 1.82) is 0 Å². The SMILES string of the molecule is COc1cc2c(cc1OC)C(C1CCCC1=O)OCC2. The Morgan fingerprint density at radius 3 is 2.55 bits per heavy atom. The maximum Gasteiger partial charge on any atom is 0.161 e. The van der Waals surface area contributed by atoms with Gasteiger partial charge in [-0.15, -0.1) is 0 Å². The van der Waals surface area contributed by atoms with Gasteiger partial charge in [0.15, 0.2) is 11.5 Å². The molecule has 0 radical (unpaired) electrons. The Morgan fingerprint density at radius 2 is 1.90 bits per heavy atom. The van der Waals surface area contributed by atoms with Crippen molar-refractivity contribution in [1.82, 2.24) is 0 Å². The predicted octanol–water partition coefficient (Wildman–Crippen LogP) is 2.69. The fourth-order valence-electron chi connectivity index (χ4n) is 3.30. The smallest absolute Gasteiger partial charge is 0.161 e. The Labute approximate surface area is 119 Å². The lowest BCUT2D eigenvalue weighted by Gasteiger charge is -2.30. The zero-order valence-electron chi connectivity index (χ0n) is 12.0. The van der Waals surface area contributed by atoms with E-state index in [0.29, 0.717) is 24.6 Å². The first-order valence-corrected chi connectivity index (χ1v) is 7.13. The van der Waals surface area contributed by atoms with Crippen LogP contribution in [0.4, 0.5) is 0 Å². The second-order valence-corrected chi connectivity index (χ2v) is 5.41. The first kappa shape index (κ1) is 13.4. The fourth-order valence-corrected chi connectivity index (χ4v) is 3.30. The molecular formula is C16H20O4. The molecule has 0 spiro atoms. The Hall–Kier alpha value is -1.55. The van der Waals surface area contributed by atoms with Gasteiger partial charge in [-0.1, -0.05) is 0 Å². The van der Waals surface area contributed by atoms with Crippen LogP contribution in [0.1, 0.15) is 36.5 Å². The number of methoxy groups -OCH3 is 2. The molecule has 1 aliphatic heterocycles. The second kappa shape index (κ2) is 5.44. The minimum absolute atomic E-state index is 0.00662. The molecule has 4 heteroatoms. The first-order valence-electron chi connectivity index (χ1n) is 7.13. The van der Waals surface area contributed by atoms with Crippen molar-refractivity contribution in [2.45, 2.75) is 31.8 Å². The van der Waals surface area contributed by atoms with Crippen LogP contribution < -0.4 is 9.47 Å². The van der Waals surface area contributed by atoms with Gasteiger partial charge in [0.2, 0.25) is 0 Å². The number of hydrogen-bond acceptors (Lipinski definition) is 4. The summed E-state index contributed by atoms with van der Waals surface area (Å²) in [4.78, 5) is 12.0. The van der Waals surface area contributed by atoms with E-state index in [1.54, 1.807) is 14.2 Å². The fraction of sp³-hybridized carbons (Fsp3) is 0.562. The summed E-state index contributed by atoms with van der Waals surface area (Å²) < 4.78 is 16.6. The molecule has 2 aliphatic rings. The Balaban J connectivity index is 2.01. The number of hydrogen-bond donors (Lipinski definition) is 0. The molecule has 1 aromatic rings. The van der Waals surface area contributed by atoms with Crippen LogP contribution in [0.5, 0.6) is 11.5 Å². The normalized spacial score (nSPS) is 25.4. The molecule has 108 valence electrons. The van der Waals surface area contributed by atoms with E-state index in [0.717, 1.165) is 30.6 Å². The standard InChI is InChI=1S/C16H20O4/c1-18-14-8-10-6-7-20-16(11-4-3-5-13(11)17)12(10)9-15(14)19-2/h8-9,11,16H,3-7H2,1-2H3. The van der Waals surface area contributed by atoms with Crippen molar-refractivity contribution in [2.75, 3.05) is 20.8 Å². The maximum atomic E-state index is 12.0. The molecule has 0 amide bonds. The lowest BCUT2D eigenvalue weighted by Crippen LogP contribution is -2.25. The van der Waals surface area contributed by atoms with Crippen LogP contribution in [0.2, 0.25) is 0 Å². The van der Waals surface area contributed by atoms with Gasteiger partial charge in [-0.3, -0.25) is 4.79 Å². The topological polar surface area (TPSA) is 44.8 Å². The van der Waals surface area contributed by atoms with Gasteiger partial charge in [0, 0.05) is 12.3 Å². The molecule has 1 saturated carbocycles. The van der Waals surface area contributed by atoms with E-state index in [1.807, 2.05) is 12.1 Å². The van der Waals surface area contributed by atoms with Gasteiger partial charge < -0.3 is 14.2 Å². The number of Topliss-reactive ketones (excluding diaryl/α,β-unsaturated/α-hetero) is 1. The van der Waals surface area contributed by atoms with Gasteiger partial charge in [-0.05, 0) is 42.5 Å². The molecule has 1 aliphatic carbocycles. The van der Waals surface area contributed by atoms with Gasteiger partial charge in [0.25, 0.3) is 0 Å². The predicted molar refractivity (Wildman–Crippen MR) is 74.3 cm³/mol. The lowest BCUT2D eigenvalue weighted by molar-refractivity contribution is -0.126. The highest BCUT2D eigenvalue weighted by Gasteiger charge is 2.37. The summed E-state index contributed by atoms with van der Waals surface area (Å²) >= 11 is 0. The Bertz CT molecular complexity index is 523. The van der Waals surface area contributed by atoms with Crippen LogP contribution in [-0.2, 0) is 16.0 Å². The van der Waals surface area contributed by atoms with Crippen LogP contribution in [0, 0.1) is 5.92 Å². The van der Waals surface area contributed by atoms with Crippen LogP contribution in [0.3, 0.4) is 0 Å². The van der Waals surface area contributed by atoms with E-state index in [9.17, 15) is 4.79 Å². The Kier molecular flexibility index (Phi) is 3.66. The van der Waals surface area contributed by atoms with Gasteiger partial charge >= 0.3 is 0 Å². The molecule has 3 rings (SSSR count). The number of carbonyl (C=O) groups is 1. The highest BCUT2D eigenvalue weighted by atomic mass is 16.5. The highest BCUT2D eigenvalue weighted by molar-refractivity contribution is 5.83. The molecule has 4 nitrogen and oxygen atoms in total. The molecule has 1 heterocycles. The molecule has 2 unspecified atom stereocenters. The zero-order valence-corrected chi connectivity index (χ0v) is 12.0. The summed E-state index contributed by atoms with van der Waals surface area (Å²) in [5.74, 6) is 1.78. The largest absolute Gasteiger partial charge is 0.493 e. The number of carbonyl (C=O) groups excluding carboxylic acids is 1. The number of rotatable bonds is 3. The average molecular weight is 276 g/mol. The zero-order chi connectivity index (χ0) is 14.1. The number of ether oxygens (including phenoxy) is 3. The average Bonchev–Trinajstić information content (AvgIpc) is 2.91. The molecule has 1 aromatic carbocycles. The molecule has 1 fully saturated rings. The summed E-state index contributed by atoms with van der Waals surface area (Å²) in [6.45, 7) is 0.664. The van der Waals surface area contributed by atoms with Gasteiger partial charge in [0.1, 0.15) is 5.78 Å². The van der Waals surface area contributed by atoms with E-state index in [4.69, 9.17) is 14.2 Å². The number of ketones is 1. The lowest BCUT2D eigenvalue weighted by atomic mass is 9.87. The van der Waals surface area contributed by atoms with Crippen LogP contribution in [0.15, 0.2) is 12.1 Å². The quantitative estimate of drug-likeness (QED) is 0.851. The summed E-state index contributed by atoms with van der Waals surface area (Å²) in [6, 6.07) is 3.99. The van der Waals surface area contributed by atoms with Crippen molar-refractivity contribution in [3.05, 3.63) is 23.3 Å². The third-order valence-electron chi connectivity index (χ3n) is 4.34. The maximum absolute atomic E-state index is 12.0. The highest BCUT2D eigenvalue weighted by Crippen LogP contribution is 2.43. The molecule has 20 heavy (non-hydrogen) atoms. The molecule has 0 N–H and O–H groups in total. The van der Waals surface area contributed by atoms with E-state index in [-0.39, 0.29) is 12.0 Å². The van der Waals surface area contributed by atoms with Crippen molar-refractivity contribution < 1.29 is 19.0 Å². The summed E-state index contributed by atoms with van der Waals surface area (Å²) in [5.41, 5.74) is 2.30. The molecule has 0 aromatic heterocycles. The number of fused-ring (bicyclic) bond motifs is 1. The van der Waals surface area contributed by atoms with Gasteiger partial charge in [-0.25, -0.2) is 0 Å². The summed E-state index contributed by atoms with van der Waals surface area (Å²) in [5, 5.41) is 0. The molecular weight excluding hydrogens is 256 g/mol. The minimum Gasteiger partial charge on any atom is -0.493 e. The van der Waals surface area contributed by atoms with Gasteiger partial charge in [0.05, 0.1) is 26.9 Å². The van der Waals surface area contributed by atoms with E-state index < -0.39 is 0 Å². The Morgan fingerprint density at radius 1 is 1.15 bits per heavy atom. The van der Waals surface area contributed by atoms with Crippen molar-refractivity contribution in [3.63, 3.8) is 0 Å². The van der Waals surface area contributed by atoms with Crippen LogP contribution in [0.25, 0.3) is 0 Å². The molecule has 0 bridgehead atoms. The van der Waals surface area contributed by atoms with Crippen molar-refractivity contribution >= 4 is 5.78 Å². The monoisotopic (exact) mass is 276 g/mol. The van der Waals surface area contributed by atoms with E-state index in [2.05, 4.69) is 0 Å². The van der Waals surface area contributed by atoms with Crippen LogP contribution >= 0.6 is 0 Å². The van der Waals surface area contributed by atoms with E-state index in [1.165, 1.54) is 5.56 Å².